The van der Waals surface area contributed by atoms with Gasteiger partial charge in [0.1, 0.15) is 5.75 Å². The van der Waals surface area contributed by atoms with Gasteiger partial charge in [-0.25, -0.2) is 0 Å². The molecule has 3 heterocycles. The minimum Gasteiger partial charge on any atom is -0.494 e. The summed E-state index contributed by atoms with van der Waals surface area (Å²) in [5, 5.41) is 0. The van der Waals surface area contributed by atoms with Gasteiger partial charge in [0, 0.05) is 31.2 Å². The topological polar surface area (TPSA) is 69.7 Å². The van der Waals surface area contributed by atoms with Gasteiger partial charge in [0.05, 0.1) is 41.1 Å². The van der Waals surface area contributed by atoms with Crippen LogP contribution in [0.25, 0.3) is 0 Å². The lowest BCUT2D eigenvalue weighted by Gasteiger charge is -2.49. The third-order valence-electron chi connectivity index (χ3n) is 10.5. The average Bonchev–Trinajstić information content (AvgIpc) is 3.10. The Morgan fingerprint density at radius 1 is 0.761 bits per heavy atom. The quantitative estimate of drug-likeness (QED) is 0.242. The SMILES string of the molecule is CCOc1ccc(C(=O)N2CCc3cc(OC)c(OC)cc3[C@@H]2C[C@H]2C[C@H]3c4cc(OC)c(OC)cc4CCN3C[C@@H]2CC)cc1. The van der Waals surface area contributed by atoms with Crippen LogP contribution < -0.4 is 23.7 Å². The summed E-state index contributed by atoms with van der Waals surface area (Å²) in [6.07, 6.45) is 4.80. The average molecular weight is 629 g/mol. The molecule has 0 spiro atoms. The molecule has 0 aromatic heterocycles. The molecule has 246 valence electrons. The molecule has 0 unspecified atom stereocenters. The Hall–Kier alpha value is -3.91. The maximum absolute atomic E-state index is 14.3. The lowest BCUT2D eigenvalue weighted by Crippen LogP contribution is -2.47. The van der Waals surface area contributed by atoms with Crippen LogP contribution >= 0.6 is 0 Å². The van der Waals surface area contributed by atoms with Gasteiger partial charge >= 0.3 is 0 Å². The van der Waals surface area contributed by atoms with Gasteiger partial charge in [-0.05, 0) is 115 Å². The number of ether oxygens (including phenoxy) is 5. The predicted molar refractivity (Wildman–Crippen MR) is 179 cm³/mol. The molecule has 0 bridgehead atoms. The van der Waals surface area contributed by atoms with E-state index in [0.29, 0.717) is 42.3 Å². The second-order valence-corrected chi connectivity index (χ2v) is 12.7. The summed E-state index contributed by atoms with van der Waals surface area (Å²) in [5.74, 6) is 4.79. The van der Waals surface area contributed by atoms with Gasteiger partial charge in [-0.15, -0.1) is 0 Å². The monoisotopic (exact) mass is 628 g/mol. The Morgan fingerprint density at radius 2 is 1.35 bits per heavy atom. The smallest absolute Gasteiger partial charge is 0.254 e. The van der Waals surface area contributed by atoms with Crippen LogP contribution in [0.2, 0.25) is 0 Å². The number of nitrogens with zero attached hydrogens (tertiary/aromatic N) is 2. The van der Waals surface area contributed by atoms with Crippen LogP contribution in [0.3, 0.4) is 0 Å². The van der Waals surface area contributed by atoms with Gasteiger partial charge in [0.25, 0.3) is 5.91 Å². The highest BCUT2D eigenvalue weighted by atomic mass is 16.5. The standard InChI is InChI=1S/C38H48N2O6/c1-7-24-23-39-15-13-26-19-34(42-3)36(44-5)21-30(26)32(39)17-28(24)18-33-31-22-37(45-6)35(43-4)20-27(31)14-16-40(33)38(41)25-9-11-29(12-10-25)46-8-2/h9-12,19-22,24,28,32-33H,7-8,13-18,23H2,1-6H3/t24-,28+,32-,33-/m0/s1. The van der Waals surface area contributed by atoms with Crippen molar-refractivity contribution < 1.29 is 28.5 Å². The van der Waals surface area contributed by atoms with E-state index < -0.39 is 0 Å². The molecule has 3 aliphatic heterocycles. The number of carbonyl (C=O) groups is 1. The third-order valence-corrected chi connectivity index (χ3v) is 10.5. The predicted octanol–water partition coefficient (Wildman–Crippen LogP) is 6.89. The summed E-state index contributed by atoms with van der Waals surface area (Å²) in [6.45, 7) is 7.62. The summed E-state index contributed by atoms with van der Waals surface area (Å²) in [6, 6.07) is 16.4. The molecule has 3 aromatic carbocycles. The van der Waals surface area contributed by atoms with Crippen LogP contribution in [0.5, 0.6) is 28.7 Å². The Balaban J connectivity index is 1.36. The van der Waals surface area contributed by atoms with Gasteiger partial charge in [0.15, 0.2) is 23.0 Å². The first-order valence-corrected chi connectivity index (χ1v) is 16.7. The first kappa shape index (κ1) is 32.0. The Bertz CT molecular complexity index is 1540. The van der Waals surface area contributed by atoms with Crippen molar-refractivity contribution >= 4 is 5.91 Å². The zero-order chi connectivity index (χ0) is 32.4. The molecular weight excluding hydrogens is 580 g/mol. The molecule has 6 rings (SSSR count). The molecule has 1 amide bonds. The Kier molecular flexibility index (Phi) is 9.64. The second kappa shape index (κ2) is 13.8. The summed E-state index contributed by atoms with van der Waals surface area (Å²) in [7, 11) is 6.77. The van der Waals surface area contributed by atoms with Crippen molar-refractivity contribution in [2.45, 2.75) is 58.0 Å². The van der Waals surface area contributed by atoms with Crippen molar-refractivity contribution in [1.29, 1.82) is 0 Å². The highest BCUT2D eigenvalue weighted by molar-refractivity contribution is 5.95. The molecule has 0 saturated carbocycles. The molecule has 8 heteroatoms. The summed E-state index contributed by atoms with van der Waals surface area (Å²) in [5.41, 5.74) is 5.77. The Labute approximate surface area is 273 Å². The number of hydrogen-bond donors (Lipinski definition) is 0. The van der Waals surface area contributed by atoms with E-state index >= 15 is 0 Å². The van der Waals surface area contributed by atoms with Crippen molar-refractivity contribution in [2.24, 2.45) is 11.8 Å². The number of fused-ring (bicyclic) bond motifs is 4. The number of piperidine rings is 1. The summed E-state index contributed by atoms with van der Waals surface area (Å²) in [4.78, 5) is 19.1. The van der Waals surface area contributed by atoms with Gasteiger partial charge in [0.2, 0.25) is 0 Å². The number of rotatable bonds is 10. The van der Waals surface area contributed by atoms with Crippen molar-refractivity contribution in [2.75, 3.05) is 54.7 Å². The molecule has 8 nitrogen and oxygen atoms in total. The van der Waals surface area contributed by atoms with E-state index in [2.05, 4.69) is 41.0 Å². The third kappa shape index (κ3) is 5.99. The van der Waals surface area contributed by atoms with Crippen molar-refractivity contribution in [3.05, 3.63) is 76.3 Å². The largest absolute Gasteiger partial charge is 0.494 e. The molecular formula is C38H48N2O6. The molecule has 3 aliphatic rings. The highest BCUT2D eigenvalue weighted by Crippen LogP contribution is 2.49. The number of benzene rings is 3. The van der Waals surface area contributed by atoms with Gasteiger partial charge < -0.3 is 28.6 Å². The van der Waals surface area contributed by atoms with Crippen LogP contribution in [0.1, 0.15) is 77.8 Å². The van der Waals surface area contributed by atoms with Gasteiger partial charge in [-0.1, -0.05) is 13.3 Å². The van der Waals surface area contributed by atoms with E-state index in [4.69, 9.17) is 23.7 Å². The normalized spacial score (nSPS) is 22.3. The Morgan fingerprint density at radius 3 is 1.96 bits per heavy atom. The minimum absolute atomic E-state index is 0.0545. The fourth-order valence-corrected chi connectivity index (χ4v) is 8.09. The fourth-order valence-electron chi connectivity index (χ4n) is 8.09. The summed E-state index contributed by atoms with van der Waals surface area (Å²) < 4.78 is 28.5. The van der Waals surface area contributed by atoms with Gasteiger partial charge in [-0.2, -0.15) is 0 Å². The van der Waals surface area contributed by atoms with Crippen LogP contribution in [0.4, 0.5) is 0 Å². The van der Waals surface area contributed by atoms with Crippen LogP contribution in [0, 0.1) is 11.8 Å². The van der Waals surface area contributed by atoms with E-state index in [1.807, 2.05) is 31.2 Å². The molecule has 4 atom stereocenters. The lowest BCUT2D eigenvalue weighted by molar-refractivity contribution is 0.0287. The van der Waals surface area contributed by atoms with Crippen molar-refractivity contribution in [1.82, 2.24) is 9.80 Å². The lowest BCUT2D eigenvalue weighted by atomic mass is 9.72. The number of amides is 1. The number of carbonyl (C=O) groups excluding carboxylic acids is 1. The number of hydrogen-bond acceptors (Lipinski definition) is 7. The molecule has 0 N–H and O–H groups in total. The molecule has 1 saturated heterocycles. The molecule has 3 aromatic rings. The first-order chi connectivity index (χ1) is 22.4. The molecule has 0 aliphatic carbocycles. The zero-order valence-electron chi connectivity index (χ0n) is 28.1. The highest BCUT2D eigenvalue weighted by Gasteiger charge is 2.42. The van der Waals surface area contributed by atoms with E-state index in [0.717, 1.165) is 73.8 Å². The van der Waals surface area contributed by atoms with Crippen LogP contribution in [-0.2, 0) is 12.8 Å². The van der Waals surface area contributed by atoms with E-state index in [1.165, 1.54) is 16.7 Å². The second-order valence-electron chi connectivity index (χ2n) is 12.7. The van der Waals surface area contributed by atoms with Crippen LogP contribution in [0.15, 0.2) is 48.5 Å². The molecule has 1 fully saturated rings. The minimum atomic E-state index is -0.0818. The maximum atomic E-state index is 14.3. The first-order valence-electron chi connectivity index (χ1n) is 16.7. The van der Waals surface area contributed by atoms with Crippen molar-refractivity contribution in [3.63, 3.8) is 0 Å². The molecule has 46 heavy (non-hydrogen) atoms. The maximum Gasteiger partial charge on any atom is 0.254 e. The van der Waals surface area contributed by atoms with Crippen LogP contribution in [-0.4, -0.2) is 70.4 Å². The van der Waals surface area contributed by atoms with Crippen molar-refractivity contribution in [3.8, 4) is 28.7 Å². The van der Waals surface area contributed by atoms with Gasteiger partial charge in [-0.3, -0.25) is 9.69 Å². The van der Waals surface area contributed by atoms with E-state index in [1.54, 1.807) is 28.4 Å². The van der Waals surface area contributed by atoms with E-state index in [9.17, 15) is 4.79 Å². The molecule has 0 radical (unpaired) electrons. The fraction of sp³-hybridized carbons (Fsp3) is 0.500. The zero-order valence-corrected chi connectivity index (χ0v) is 28.1. The number of methoxy groups -OCH3 is 4. The summed E-state index contributed by atoms with van der Waals surface area (Å²) >= 11 is 0. The van der Waals surface area contributed by atoms with E-state index in [-0.39, 0.29) is 11.9 Å².